The highest BCUT2D eigenvalue weighted by Crippen LogP contribution is 1.97. The summed E-state index contributed by atoms with van der Waals surface area (Å²) in [6.07, 6.45) is 0.621. The van der Waals surface area contributed by atoms with Gasteiger partial charge in [-0.3, -0.25) is 9.59 Å². The molecule has 0 aliphatic rings. The monoisotopic (exact) mass is 279 g/mol. The Balaban J connectivity index is 4.39. The lowest BCUT2D eigenvalue weighted by Crippen LogP contribution is -2.53. The van der Waals surface area contributed by atoms with E-state index in [0.717, 1.165) is 0 Å². The van der Waals surface area contributed by atoms with Crippen LogP contribution >= 0.6 is 25.3 Å². The number of thiol groups is 2. The second-order valence-electron chi connectivity index (χ2n) is 3.48. The Labute approximate surface area is 113 Å². The number of likely N-dealkylation sites (N-methyl/N-ethyl adjacent to an activating group) is 2. The van der Waals surface area contributed by atoms with Gasteiger partial charge in [0, 0.05) is 12.8 Å². The second-order valence-corrected chi connectivity index (χ2v) is 4.29. The van der Waals surface area contributed by atoms with Gasteiger partial charge in [-0.2, -0.15) is 25.3 Å². The Morgan fingerprint density at radius 3 is 2.24 bits per heavy atom. The summed E-state index contributed by atoms with van der Waals surface area (Å²) in [7, 11) is 1.53. The average Bonchev–Trinajstić information content (AvgIpc) is 2.34. The van der Waals surface area contributed by atoms with Crippen LogP contribution in [0.5, 0.6) is 0 Å². The highest BCUT2D eigenvalue weighted by atomic mass is 32.1. The van der Waals surface area contributed by atoms with E-state index in [1.807, 2.05) is 6.92 Å². The van der Waals surface area contributed by atoms with Crippen LogP contribution in [-0.4, -0.2) is 49.0 Å². The minimum absolute atomic E-state index is 0.191. The molecule has 7 heteroatoms. The van der Waals surface area contributed by atoms with Crippen molar-refractivity contribution in [1.29, 1.82) is 0 Å². The Bertz CT molecular complexity index is 246. The summed E-state index contributed by atoms with van der Waals surface area (Å²) in [5.74, 6) is 0.444. The minimum atomic E-state index is -0.600. The molecule has 0 aliphatic heterocycles. The van der Waals surface area contributed by atoms with Crippen LogP contribution in [0.25, 0.3) is 0 Å². The highest BCUT2D eigenvalue weighted by molar-refractivity contribution is 7.80. The average molecular weight is 279 g/mol. The molecule has 5 nitrogen and oxygen atoms in total. The molecule has 0 heterocycles. The fourth-order valence-electron chi connectivity index (χ4n) is 1.34. The van der Waals surface area contributed by atoms with Gasteiger partial charge < -0.3 is 16.0 Å². The van der Waals surface area contributed by atoms with Gasteiger partial charge in [0.1, 0.15) is 6.04 Å². The maximum atomic E-state index is 11.9. The molecule has 0 aromatic heterocycles. The third-order valence-corrected chi connectivity index (χ3v) is 2.87. The molecule has 0 fully saturated rings. The summed E-state index contributed by atoms with van der Waals surface area (Å²) in [6.45, 7) is 2.62. The first-order valence-corrected chi connectivity index (χ1v) is 6.84. The van der Waals surface area contributed by atoms with Gasteiger partial charge in [0.05, 0.1) is 6.04 Å². The third kappa shape index (κ3) is 6.18. The van der Waals surface area contributed by atoms with Crippen LogP contribution in [0.3, 0.4) is 0 Å². The van der Waals surface area contributed by atoms with Gasteiger partial charge in [-0.25, -0.2) is 0 Å². The molecular formula is C10H21N3O2S2. The third-order valence-electron chi connectivity index (χ3n) is 2.25. The number of carbonyl (C=O) groups is 2. The van der Waals surface area contributed by atoms with Crippen molar-refractivity contribution in [2.24, 2.45) is 0 Å². The van der Waals surface area contributed by atoms with Crippen molar-refractivity contribution in [3.63, 3.8) is 0 Å². The lowest BCUT2D eigenvalue weighted by molar-refractivity contribution is -0.129. The van der Waals surface area contributed by atoms with Gasteiger partial charge in [0.25, 0.3) is 0 Å². The van der Waals surface area contributed by atoms with E-state index in [1.54, 1.807) is 0 Å². The van der Waals surface area contributed by atoms with Crippen molar-refractivity contribution in [3.05, 3.63) is 0 Å². The predicted molar refractivity (Wildman–Crippen MR) is 75.8 cm³/mol. The molecule has 0 bridgehead atoms. The molecule has 0 rings (SSSR count). The number of hydrogen-bond acceptors (Lipinski definition) is 5. The quantitative estimate of drug-likeness (QED) is 0.387. The van der Waals surface area contributed by atoms with Gasteiger partial charge in [-0.15, -0.1) is 0 Å². The van der Waals surface area contributed by atoms with E-state index in [1.165, 1.54) is 7.05 Å². The van der Waals surface area contributed by atoms with Crippen LogP contribution in [0, 0.1) is 0 Å². The minimum Gasteiger partial charge on any atom is -0.357 e. The lowest BCUT2D eigenvalue weighted by atomic mass is 10.2. The molecule has 0 aliphatic carbocycles. The van der Waals surface area contributed by atoms with E-state index in [4.69, 9.17) is 0 Å². The van der Waals surface area contributed by atoms with Gasteiger partial charge in [-0.05, 0) is 18.7 Å². The molecule has 0 radical (unpaired) electrons. The van der Waals surface area contributed by atoms with Gasteiger partial charge in [0.2, 0.25) is 11.8 Å². The molecule has 17 heavy (non-hydrogen) atoms. The highest BCUT2D eigenvalue weighted by Gasteiger charge is 2.22. The van der Waals surface area contributed by atoms with Crippen molar-refractivity contribution in [2.75, 3.05) is 25.1 Å². The van der Waals surface area contributed by atoms with Crippen LogP contribution in [0.1, 0.15) is 13.3 Å². The van der Waals surface area contributed by atoms with Crippen LogP contribution < -0.4 is 16.0 Å². The van der Waals surface area contributed by atoms with Crippen molar-refractivity contribution in [3.8, 4) is 0 Å². The van der Waals surface area contributed by atoms with Crippen molar-refractivity contribution >= 4 is 37.1 Å². The molecule has 0 aromatic rings. The zero-order valence-electron chi connectivity index (χ0n) is 10.2. The summed E-state index contributed by atoms with van der Waals surface area (Å²) in [5.41, 5.74) is 0. The molecule has 2 amide bonds. The number of amides is 2. The Hall–Kier alpha value is -0.400. The van der Waals surface area contributed by atoms with Gasteiger partial charge in [-0.1, -0.05) is 6.92 Å². The predicted octanol–water partition coefficient (Wildman–Crippen LogP) is -0.555. The first-order valence-electron chi connectivity index (χ1n) is 5.57. The molecule has 0 aromatic carbocycles. The maximum absolute atomic E-state index is 11.9. The smallest absolute Gasteiger partial charge is 0.243 e. The van der Waals surface area contributed by atoms with E-state index in [0.29, 0.717) is 18.7 Å². The fourth-order valence-corrected chi connectivity index (χ4v) is 1.86. The first-order chi connectivity index (χ1) is 8.10. The summed E-state index contributed by atoms with van der Waals surface area (Å²) < 4.78 is 0. The molecular weight excluding hydrogens is 258 g/mol. The van der Waals surface area contributed by atoms with Crippen molar-refractivity contribution in [1.82, 2.24) is 16.0 Å². The van der Waals surface area contributed by atoms with Crippen LogP contribution in [-0.2, 0) is 9.59 Å². The number of rotatable bonds is 8. The Kier molecular flexibility index (Phi) is 9.39. The summed E-state index contributed by atoms with van der Waals surface area (Å²) in [6, 6.07) is -0.915. The Morgan fingerprint density at radius 2 is 1.82 bits per heavy atom. The van der Waals surface area contributed by atoms with Crippen LogP contribution in [0.2, 0.25) is 0 Å². The molecule has 0 saturated heterocycles. The van der Waals surface area contributed by atoms with Gasteiger partial charge >= 0.3 is 0 Å². The molecule has 0 unspecified atom stereocenters. The number of nitrogens with one attached hydrogen (secondary N) is 3. The van der Waals surface area contributed by atoms with Crippen LogP contribution in [0.4, 0.5) is 0 Å². The number of hydrogen-bond donors (Lipinski definition) is 5. The standard InChI is InChI=1S/C10H21N3O2S2/c1-3-12-7(4-5-16)10(15)13-8(6-17)9(14)11-2/h7-8,12,16-17H,3-6H2,1-2H3,(H,11,14)(H,13,15)/t7-,8-/m0/s1. The summed E-state index contributed by atoms with van der Waals surface area (Å²) in [5, 5.41) is 8.20. The molecule has 0 spiro atoms. The van der Waals surface area contributed by atoms with Crippen LogP contribution in [0.15, 0.2) is 0 Å². The summed E-state index contributed by atoms with van der Waals surface area (Å²) >= 11 is 8.15. The van der Waals surface area contributed by atoms with E-state index < -0.39 is 6.04 Å². The molecule has 2 atom stereocenters. The van der Waals surface area contributed by atoms with E-state index in [2.05, 4.69) is 41.2 Å². The normalized spacial score (nSPS) is 13.9. The molecule has 3 N–H and O–H groups in total. The molecule has 0 saturated carbocycles. The van der Waals surface area contributed by atoms with Crippen molar-refractivity contribution < 1.29 is 9.59 Å². The Morgan fingerprint density at radius 1 is 1.18 bits per heavy atom. The van der Waals surface area contributed by atoms with Crippen molar-refractivity contribution in [2.45, 2.75) is 25.4 Å². The zero-order valence-corrected chi connectivity index (χ0v) is 12.0. The zero-order chi connectivity index (χ0) is 13.3. The fraction of sp³-hybridized carbons (Fsp3) is 0.800. The topological polar surface area (TPSA) is 70.2 Å². The SMILES string of the molecule is CCN[C@@H](CCS)C(=O)N[C@@H](CS)C(=O)NC. The van der Waals surface area contributed by atoms with E-state index in [-0.39, 0.29) is 23.6 Å². The second kappa shape index (κ2) is 9.61. The largest absolute Gasteiger partial charge is 0.357 e. The lowest BCUT2D eigenvalue weighted by Gasteiger charge is -2.20. The number of carbonyl (C=O) groups excluding carboxylic acids is 2. The maximum Gasteiger partial charge on any atom is 0.243 e. The van der Waals surface area contributed by atoms with Gasteiger partial charge in [0.15, 0.2) is 0 Å². The first kappa shape index (κ1) is 16.6. The van der Waals surface area contributed by atoms with E-state index in [9.17, 15) is 9.59 Å². The van der Waals surface area contributed by atoms with E-state index >= 15 is 0 Å². The summed E-state index contributed by atoms with van der Waals surface area (Å²) in [4.78, 5) is 23.3. The molecule has 100 valence electrons.